The number of furan rings is 1. The maximum absolute atomic E-state index is 12.3. The molecule has 0 saturated heterocycles. The van der Waals surface area contributed by atoms with Crippen molar-refractivity contribution in [1.82, 2.24) is 5.32 Å². The van der Waals surface area contributed by atoms with E-state index in [-0.39, 0.29) is 17.6 Å². The van der Waals surface area contributed by atoms with E-state index in [1.165, 1.54) is 0 Å². The Balaban J connectivity index is 1.74. The smallest absolute Gasteiger partial charge is 0.258 e. The monoisotopic (exact) mass is 400 g/mol. The van der Waals surface area contributed by atoms with Gasteiger partial charge in [-0.05, 0) is 55.0 Å². The van der Waals surface area contributed by atoms with Crippen molar-refractivity contribution in [3.8, 4) is 11.3 Å². The van der Waals surface area contributed by atoms with Crippen molar-refractivity contribution in [3.63, 3.8) is 0 Å². The Labute approximate surface area is 167 Å². The summed E-state index contributed by atoms with van der Waals surface area (Å²) in [4.78, 5) is 12.3. The van der Waals surface area contributed by atoms with Gasteiger partial charge in [0.2, 0.25) is 0 Å². The van der Waals surface area contributed by atoms with Crippen molar-refractivity contribution in [1.29, 1.82) is 0 Å². The number of amides is 1. The fourth-order valence-electron chi connectivity index (χ4n) is 2.50. The van der Waals surface area contributed by atoms with Gasteiger partial charge < -0.3 is 14.8 Å². The second kappa shape index (κ2) is 8.35. The van der Waals surface area contributed by atoms with E-state index in [0.29, 0.717) is 22.1 Å². The average molecular weight is 401 g/mol. The zero-order chi connectivity index (χ0) is 19.4. The number of rotatable bonds is 4. The number of hydrogen-bond donors (Lipinski definition) is 3. The van der Waals surface area contributed by atoms with Crippen LogP contribution >= 0.6 is 23.8 Å². The van der Waals surface area contributed by atoms with Gasteiger partial charge in [0.15, 0.2) is 5.11 Å². The van der Waals surface area contributed by atoms with Gasteiger partial charge in [0, 0.05) is 11.3 Å². The van der Waals surface area contributed by atoms with Gasteiger partial charge in [-0.2, -0.15) is 0 Å². The van der Waals surface area contributed by atoms with Gasteiger partial charge in [-0.1, -0.05) is 35.9 Å². The first-order valence-corrected chi connectivity index (χ1v) is 8.94. The maximum Gasteiger partial charge on any atom is 0.258 e. The molecular weight excluding hydrogens is 384 g/mol. The van der Waals surface area contributed by atoms with Crippen LogP contribution in [0.1, 0.15) is 21.7 Å². The van der Waals surface area contributed by atoms with Crippen LogP contribution in [0, 0.1) is 6.92 Å². The molecule has 1 amide bonds. The van der Waals surface area contributed by atoms with E-state index in [0.717, 1.165) is 16.8 Å². The lowest BCUT2D eigenvalue weighted by molar-refractivity contribution is 0.0978. The lowest BCUT2D eigenvalue weighted by atomic mass is 10.1. The predicted molar refractivity (Wildman–Crippen MR) is 110 cm³/mol. The number of carbonyl (C=O) groups is 1. The Morgan fingerprint density at radius 3 is 2.67 bits per heavy atom. The van der Waals surface area contributed by atoms with E-state index < -0.39 is 0 Å². The molecule has 0 fully saturated rings. The first kappa shape index (κ1) is 19.1. The lowest BCUT2D eigenvalue weighted by Gasteiger charge is -2.13. The molecule has 3 N–H and O–H groups in total. The number of benzene rings is 2. The summed E-state index contributed by atoms with van der Waals surface area (Å²) >= 11 is 11.3. The van der Waals surface area contributed by atoms with Crippen LogP contribution in [-0.4, -0.2) is 16.1 Å². The van der Waals surface area contributed by atoms with E-state index in [1.807, 2.05) is 25.1 Å². The Morgan fingerprint density at radius 2 is 1.96 bits per heavy atom. The number of anilines is 1. The second-order valence-corrected chi connectivity index (χ2v) is 6.66. The third-order valence-corrected chi connectivity index (χ3v) is 4.47. The minimum absolute atomic E-state index is 0.158. The Morgan fingerprint density at radius 1 is 1.19 bits per heavy atom. The summed E-state index contributed by atoms with van der Waals surface area (Å²) in [7, 11) is 0. The Kier molecular flexibility index (Phi) is 5.91. The van der Waals surface area contributed by atoms with Crippen LogP contribution in [0.5, 0.6) is 0 Å². The molecule has 0 atom stereocenters. The third-order valence-electron chi connectivity index (χ3n) is 3.93. The lowest BCUT2D eigenvalue weighted by Crippen LogP contribution is -2.34. The zero-order valence-electron chi connectivity index (χ0n) is 14.5. The summed E-state index contributed by atoms with van der Waals surface area (Å²) in [5.41, 5.74) is 2.85. The third kappa shape index (κ3) is 4.54. The first-order chi connectivity index (χ1) is 13.0. The van der Waals surface area contributed by atoms with Crippen LogP contribution in [0.2, 0.25) is 5.02 Å². The highest BCUT2D eigenvalue weighted by Gasteiger charge is 2.13. The molecule has 0 unspecified atom stereocenters. The van der Waals surface area contributed by atoms with E-state index in [4.69, 9.17) is 33.3 Å². The molecule has 0 bridgehead atoms. The molecule has 3 rings (SSSR count). The van der Waals surface area contributed by atoms with E-state index in [2.05, 4.69) is 10.6 Å². The molecule has 1 heterocycles. The molecule has 3 aromatic rings. The van der Waals surface area contributed by atoms with Crippen LogP contribution < -0.4 is 10.6 Å². The predicted octanol–water partition coefficient (Wildman–Crippen LogP) is 4.53. The summed E-state index contributed by atoms with van der Waals surface area (Å²) in [5, 5.41) is 15.3. The van der Waals surface area contributed by atoms with Gasteiger partial charge in [0.25, 0.3) is 5.91 Å². The summed E-state index contributed by atoms with van der Waals surface area (Å²) < 4.78 is 5.56. The number of hydrogen-bond acceptors (Lipinski definition) is 4. The number of thiocarbonyl (C=S) groups is 1. The maximum atomic E-state index is 12.3. The van der Waals surface area contributed by atoms with E-state index in [9.17, 15) is 4.79 Å². The first-order valence-electron chi connectivity index (χ1n) is 8.15. The number of carbonyl (C=O) groups excluding carboxylic acids is 1. The Hall–Kier alpha value is -2.67. The fourth-order valence-corrected chi connectivity index (χ4v) is 2.92. The minimum atomic E-state index is -0.384. The van der Waals surface area contributed by atoms with Crippen molar-refractivity contribution < 1.29 is 14.3 Å². The molecule has 0 radical (unpaired) electrons. The van der Waals surface area contributed by atoms with Crippen LogP contribution in [0.4, 0.5) is 5.69 Å². The normalized spacial score (nSPS) is 10.5. The van der Waals surface area contributed by atoms with Gasteiger partial charge in [-0.3, -0.25) is 10.1 Å². The average Bonchev–Trinajstić information content (AvgIpc) is 3.13. The molecule has 0 aliphatic carbocycles. The van der Waals surface area contributed by atoms with Crippen molar-refractivity contribution >= 4 is 40.5 Å². The van der Waals surface area contributed by atoms with E-state index >= 15 is 0 Å². The van der Waals surface area contributed by atoms with Gasteiger partial charge in [0.1, 0.15) is 18.1 Å². The minimum Gasteiger partial charge on any atom is -0.459 e. The van der Waals surface area contributed by atoms with Crippen LogP contribution in [0.25, 0.3) is 11.3 Å². The number of aliphatic hydroxyl groups excluding tert-OH is 1. The van der Waals surface area contributed by atoms with E-state index in [1.54, 1.807) is 36.4 Å². The van der Waals surface area contributed by atoms with Crippen LogP contribution in [0.15, 0.2) is 59.0 Å². The molecule has 27 heavy (non-hydrogen) atoms. The van der Waals surface area contributed by atoms with Gasteiger partial charge in [-0.25, -0.2) is 0 Å². The second-order valence-electron chi connectivity index (χ2n) is 5.84. The highest BCUT2D eigenvalue weighted by molar-refractivity contribution is 7.80. The fraction of sp³-hybridized carbons (Fsp3) is 0.100. The molecular formula is C20H17ClN2O3S. The quantitative estimate of drug-likeness (QED) is 0.561. The van der Waals surface area contributed by atoms with Gasteiger partial charge >= 0.3 is 0 Å². The summed E-state index contributed by atoms with van der Waals surface area (Å²) in [6.45, 7) is 1.76. The molecule has 0 spiro atoms. The Bertz CT molecular complexity index is 1000. The topological polar surface area (TPSA) is 74.5 Å². The van der Waals surface area contributed by atoms with Gasteiger partial charge in [-0.15, -0.1) is 0 Å². The molecule has 0 aliphatic heterocycles. The summed E-state index contributed by atoms with van der Waals surface area (Å²) in [5.74, 6) is 0.737. The van der Waals surface area contributed by atoms with Crippen molar-refractivity contribution in [3.05, 3.63) is 76.5 Å². The number of aryl methyl sites for hydroxylation is 1. The number of halogens is 1. The van der Waals surface area contributed by atoms with Gasteiger partial charge in [0.05, 0.1) is 10.6 Å². The molecule has 7 heteroatoms. The molecule has 5 nitrogen and oxygen atoms in total. The van der Waals surface area contributed by atoms with Crippen molar-refractivity contribution in [2.75, 3.05) is 5.32 Å². The number of nitrogens with one attached hydrogen (secondary N) is 2. The summed E-state index contributed by atoms with van der Waals surface area (Å²) in [6.07, 6.45) is 0. The van der Waals surface area contributed by atoms with Crippen molar-refractivity contribution in [2.24, 2.45) is 0 Å². The molecule has 138 valence electrons. The highest BCUT2D eigenvalue weighted by atomic mass is 35.5. The largest absolute Gasteiger partial charge is 0.459 e. The molecule has 1 aromatic heterocycles. The summed E-state index contributed by atoms with van der Waals surface area (Å²) in [6, 6.07) is 15.9. The standard InChI is InChI=1S/C20H17ClN2O3S/c1-12-6-7-13(18-9-8-14(11-24)26-18)10-17(12)22-20(27)23-19(25)15-4-2-3-5-16(15)21/h2-10,24H,11H2,1H3,(H2,22,23,25,27). The molecule has 0 aliphatic rings. The molecule has 0 saturated carbocycles. The van der Waals surface area contributed by atoms with Crippen LogP contribution in [0.3, 0.4) is 0 Å². The molecule has 2 aromatic carbocycles. The SMILES string of the molecule is Cc1ccc(-c2ccc(CO)o2)cc1NC(=S)NC(=O)c1ccccc1Cl. The van der Waals surface area contributed by atoms with Crippen LogP contribution in [-0.2, 0) is 6.61 Å². The van der Waals surface area contributed by atoms with Crippen molar-refractivity contribution in [2.45, 2.75) is 13.5 Å². The highest BCUT2D eigenvalue weighted by Crippen LogP contribution is 2.27. The zero-order valence-corrected chi connectivity index (χ0v) is 16.0. The number of aliphatic hydroxyl groups is 1.